The summed E-state index contributed by atoms with van der Waals surface area (Å²) in [5, 5.41) is 13.1. The summed E-state index contributed by atoms with van der Waals surface area (Å²) < 4.78 is 11.2. The molecule has 1 aromatic heterocycles. The molecule has 0 spiro atoms. The van der Waals surface area contributed by atoms with Gasteiger partial charge in [-0.2, -0.15) is 4.98 Å². The van der Waals surface area contributed by atoms with Crippen molar-refractivity contribution in [2.24, 2.45) is 11.1 Å². The number of aliphatic hydroxyl groups excluding tert-OH is 1. The van der Waals surface area contributed by atoms with Crippen LogP contribution in [0.5, 0.6) is 0 Å². The second kappa shape index (κ2) is 5.79. The number of aliphatic hydroxyl groups is 1. The van der Waals surface area contributed by atoms with Crippen LogP contribution in [0.1, 0.15) is 64.2 Å². The van der Waals surface area contributed by atoms with Gasteiger partial charge in [-0.3, -0.25) is 0 Å². The van der Waals surface area contributed by atoms with Crippen molar-refractivity contribution in [2.45, 2.75) is 58.1 Å². The van der Waals surface area contributed by atoms with Crippen molar-refractivity contribution in [3.05, 3.63) is 11.7 Å². The minimum Gasteiger partial charge on any atom is -0.394 e. The minimum absolute atomic E-state index is 0.212. The first-order valence-electron chi connectivity index (χ1n) is 7.27. The summed E-state index contributed by atoms with van der Waals surface area (Å²) in [5.41, 5.74) is 5.57. The van der Waals surface area contributed by atoms with Crippen molar-refractivity contribution < 1.29 is 14.4 Å². The zero-order valence-electron chi connectivity index (χ0n) is 12.6. The molecule has 1 saturated carbocycles. The molecule has 0 unspecified atom stereocenters. The van der Waals surface area contributed by atoms with E-state index in [0.29, 0.717) is 17.8 Å². The van der Waals surface area contributed by atoms with Crippen LogP contribution in [-0.4, -0.2) is 28.5 Å². The molecule has 0 aliphatic heterocycles. The average Bonchev–Trinajstić information content (AvgIpc) is 2.91. The van der Waals surface area contributed by atoms with Gasteiger partial charge >= 0.3 is 0 Å². The Morgan fingerprint density at radius 1 is 1.35 bits per heavy atom. The molecule has 6 heteroatoms. The van der Waals surface area contributed by atoms with Crippen LogP contribution >= 0.6 is 0 Å². The quantitative estimate of drug-likeness (QED) is 0.857. The van der Waals surface area contributed by atoms with Crippen molar-refractivity contribution >= 4 is 0 Å². The Hall–Kier alpha value is -0.980. The van der Waals surface area contributed by atoms with E-state index in [0.717, 1.165) is 25.7 Å². The summed E-state index contributed by atoms with van der Waals surface area (Å²) >= 11 is 0. The predicted octanol–water partition coefficient (Wildman–Crippen LogP) is 1.89. The van der Waals surface area contributed by atoms with Crippen LogP contribution in [0.25, 0.3) is 0 Å². The van der Waals surface area contributed by atoms with Crippen LogP contribution < -0.4 is 5.73 Å². The van der Waals surface area contributed by atoms with E-state index in [1.54, 1.807) is 0 Å². The number of rotatable bonds is 5. The number of ether oxygens (including phenoxy) is 1. The maximum Gasteiger partial charge on any atom is 0.246 e. The molecular weight excluding hydrogens is 258 g/mol. The molecule has 2 rings (SSSR count). The van der Waals surface area contributed by atoms with E-state index in [-0.39, 0.29) is 12.5 Å². The molecule has 1 atom stereocenters. The maximum absolute atomic E-state index is 9.06. The van der Waals surface area contributed by atoms with Crippen LogP contribution in [0.3, 0.4) is 0 Å². The van der Waals surface area contributed by atoms with Gasteiger partial charge in [0.2, 0.25) is 11.7 Å². The molecule has 1 fully saturated rings. The normalized spacial score (nSPS) is 22.6. The van der Waals surface area contributed by atoms with Crippen LogP contribution in [0.2, 0.25) is 0 Å². The second-order valence-electron chi connectivity index (χ2n) is 6.34. The van der Waals surface area contributed by atoms with Gasteiger partial charge in [0.1, 0.15) is 11.6 Å². The van der Waals surface area contributed by atoms with E-state index >= 15 is 0 Å². The van der Waals surface area contributed by atoms with Crippen molar-refractivity contribution in [3.8, 4) is 0 Å². The first kappa shape index (κ1) is 15.4. The molecule has 1 heterocycles. The van der Waals surface area contributed by atoms with Gasteiger partial charge in [-0.25, -0.2) is 0 Å². The van der Waals surface area contributed by atoms with E-state index < -0.39 is 11.6 Å². The highest BCUT2D eigenvalue weighted by Crippen LogP contribution is 2.46. The van der Waals surface area contributed by atoms with E-state index in [2.05, 4.69) is 24.0 Å². The van der Waals surface area contributed by atoms with Crippen molar-refractivity contribution in [3.63, 3.8) is 0 Å². The third-order valence-electron chi connectivity index (χ3n) is 4.20. The third-order valence-corrected chi connectivity index (χ3v) is 4.20. The van der Waals surface area contributed by atoms with Gasteiger partial charge in [-0.15, -0.1) is 0 Å². The van der Waals surface area contributed by atoms with E-state index in [1.807, 2.05) is 6.92 Å². The molecule has 20 heavy (non-hydrogen) atoms. The Labute approximate surface area is 119 Å². The van der Waals surface area contributed by atoms with Crippen LogP contribution in [0, 0.1) is 5.41 Å². The van der Waals surface area contributed by atoms with Crippen LogP contribution in [-0.2, 0) is 10.3 Å². The highest BCUT2D eigenvalue weighted by atomic mass is 16.5. The van der Waals surface area contributed by atoms with Gasteiger partial charge in [-0.1, -0.05) is 19.0 Å². The van der Waals surface area contributed by atoms with Gasteiger partial charge in [0, 0.05) is 6.61 Å². The Bertz CT molecular complexity index is 435. The van der Waals surface area contributed by atoms with Gasteiger partial charge in [0.15, 0.2) is 0 Å². The number of hydrogen-bond donors (Lipinski definition) is 2. The number of nitrogens with zero attached hydrogens (tertiary/aromatic N) is 2. The summed E-state index contributed by atoms with van der Waals surface area (Å²) in [5.74, 6) is 0.833. The van der Waals surface area contributed by atoms with E-state index in [9.17, 15) is 0 Å². The Morgan fingerprint density at radius 2 is 2.00 bits per heavy atom. The first-order chi connectivity index (χ1) is 9.42. The average molecular weight is 283 g/mol. The molecule has 114 valence electrons. The van der Waals surface area contributed by atoms with Gasteiger partial charge in [0.25, 0.3) is 0 Å². The fraction of sp³-hybridized carbons (Fsp3) is 0.857. The highest BCUT2D eigenvalue weighted by molar-refractivity contribution is 5.06. The molecule has 6 nitrogen and oxygen atoms in total. The monoisotopic (exact) mass is 283 g/mol. The van der Waals surface area contributed by atoms with E-state index in [1.165, 1.54) is 0 Å². The summed E-state index contributed by atoms with van der Waals surface area (Å²) in [6.45, 7) is 6.91. The molecule has 3 N–H and O–H groups in total. The standard InChI is InChI=1S/C14H25N3O3/c1-4-19-14(7-5-13(2,3)6-8-14)12-16-11(20-17-12)10(15)9-18/h10,18H,4-9,15H2,1-3H3/t10-/m0/s1. The minimum atomic E-state index is -0.630. The molecule has 1 aliphatic carbocycles. The summed E-state index contributed by atoms with van der Waals surface area (Å²) in [6, 6.07) is -0.630. The largest absolute Gasteiger partial charge is 0.394 e. The number of nitrogens with two attached hydrogens (primary N) is 1. The topological polar surface area (TPSA) is 94.4 Å². The molecular formula is C14H25N3O3. The van der Waals surface area contributed by atoms with Crippen molar-refractivity contribution in [1.29, 1.82) is 0 Å². The van der Waals surface area contributed by atoms with Gasteiger partial charge < -0.3 is 20.1 Å². The lowest BCUT2D eigenvalue weighted by molar-refractivity contribution is -0.0957. The Balaban J connectivity index is 2.22. The van der Waals surface area contributed by atoms with E-state index in [4.69, 9.17) is 20.1 Å². The predicted molar refractivity (Wildman–Crippen MR) is 73.9 cm³/mol. The zero-order chi connectivity index (χ0) is 14.8. The van der Waals surface area contributed by atoms with Crippen LogP contribution in [0.15, 0.2) is 4.52 Å². The highest BCUT2D eigenvalue weighted by Gasteiger charge is 2.44. The van der Waals surface area contributed by atoms with Crippen molar-refractivity contribution in [1.82, 2.24) is 10.1 Å². The molecule has 0 bridgehead atoms. The van der Waals surface area contributed by atoms with Gasteiger partial charge in [-0.05, 0) is 38.0 Å². The molecule has 0 radical (unpaired) electrons. The number of aromatic nitrogens is 2. The van der Waals surface area contributed by atoms with Crippen molar-refractivity contribution in [2.75, 3.05) is 13.2 Å². The second-order valence-corrected chi connectivity index (χ2v) is 6.34. The lowest BCUT2D eigenvalue weighted by atomic mass is 9.70. The van der Waals surface area contributed by atoms with Gasteiger partial charge in [0.05, 0.1) is 6.61 Å². The SMILES string of the molecule is CCOC1(c2noc([C@@H](N)CO)n2)CCC(C)(C)CC1. The fourth-order valence-electron chi connectivity index (χ4n) is 2.69. The molecule has 0 aromatic carbocycles. The first-order valence-corrected chi connectivity index (χ1v) is 7.27. The molecule has 0 amide bonds. The summed E-state index contributed by atoms with van der Waals surface area (Å²) in [4.78, 5) is 4.36. The Kier molecular flexibility index (Phi) is 4.46. The fourth-order valence-corrected chi connectivity index (χ4v) is 2.69. The summed E-state index contributed by atoms with van der Waals surface area (Å²) in [7, 11) is 0. The smallest absolute Gasteiger partial charge is 0.246 e. The third kappa shape index (κ3) is 3.02. The number of hydrogen-bond acceptors (Lipinski definition) is 6. The Morgan fingerprint density at radius 3 is 2.55 bits per heavy atom. The zero-order valence-corrected chi connectivity index (χ0v) is 12.6. The summed E-state index contributed by atoms with van der Waals surface area (Å²) in [6.07, 6.45) is 3.87. The molecule has 1 aromatic rings. The molecule has 1 aliphatic rings. The maximum atomic E-state index is 9.06. The lowest BCUT2D eigenvalue weighted by Gasteiger charge is -2.41. The van der Waals surface area contributed by atoms with Crippen LogP contribution in [0.4, 0.5) is 0 Å². The lowest BCUT2D eigenvalue weighted by Crippen LogP contribution is -2.38. The molecule has 0 saturated heterocycles.